The van der Waals surface area contributed by atoms with Crippen LogP contribution in [-0.4, -0.2) is 15.8 Å². The maximum Gasteiger partial charge on any atom is 0.0817 e. The molecule has 1 aromatic heterocycles. The van der Waals surface area contributed by atoms with Crippen molar-refractivity contribution in [3.8, 4) is 0 Å². The van der Waals surface area contributed by atoms with Crippen molar-refractivity contribution in [1.82, 2.24) is 9.78 Å². The Balaban J connectivity index is 2.53. The van der Waals surface area contributed by atoms with E-state index in [1.165, 1.54) is 0 Å². The van der Waals surface area contributed by atoms with Crippen LogP contribution in [0.1, 0.15) is 26.0 Å². The van der Waals surface area contributed by atoms with Crippen molar-refractivity contribution in [3.63, 3.8) is 0 Å². The summed E-state index contributed by atoms with van der Waals surface area (Å²) in [7, 11) is 1.90. The predicted octanol–water partition coefficient (Wildman–Crippen LogP) is 1.99. The Labute approximate surface area is 90.2 Å². The number of halogens is 1. The highest BCUT2D eigenvalue weighted by atomic mass is 35.5. The Morgan fingerprint density at radius 3 is 2.64 bits per heavy atom. The molecule has 1 aromatic rings. The highest BCUT2D eigenvalue weighted by molar-refractivity contribution is 6.31. The van der Waals surface area contributed by atoms with Crippen LogP contribution in [0.25, 0.3) is 0 Å². The highest BCUT2D eigenvalue weighted by Crippen LogP contribution is 2.17. The zero-order valence-corrected chi connectivity index (χ0v) is 9.75. The number of nitrogens with zero attached hydrogens (tertiary/aromatic N) is 2. The summed E-state index contributed by atoms with van der Waals surface area (Å²) in [5.41, 5.74) is 7.03. The SMILES string of the molecule is CC(C)C(N)CCc1c(Cl)cnn1C. The molecule has 0 saturated carbocycles. The monoisotopic (exact) mass is 215 g/mol. The number of rotatable bonds is 4. The van der Waals surface area contributed by atoms with E-state index in [1.54, 1.807) is 6.20 Å². The highest BCUT2D eigenvalue weighted by Gasteiger charge is 2.11. The van der Waals surface area contributed by atoms with Gasteiger partial charge in [-0.2, -0.15) is 5.10 Å². The van der Waals surface area contributed by atoms with E-state index in [0.29, 0.717) is 5.92 Å². The molecule has 1 rings (SSSR count). The Kier molecular flexibility index (Phi) is 3.96. The minimum atomic E-state index is 0.237. The van der Waals surface area contributed by atoms with E-state index >= 15 is 0 Å². The molecule has 0 amide bonds. The second kappa shape index (κ2) is 4.80. The fraction of sp³-hybridized carbons (Fsp3) is 0.700. The molecule has 4 heteroatoms. The van der Waals surface area contributed by atoms with E-state index in [9.17, 15) is 0 Å². The van der Waals surface area contributed by atoms with Gasteiger partial charge in [0.25, 0.3) is 0 Å². The lowest BCUT2D eigenvalue weighted by Gasteiger charge is -2.15. The van der Waals surface area contributed by atoms with Crippen LogP contribution in [0.3, 0.4) is 0 Å². The molecule has 0 fully saturated rings. The molecule has 0 aliphatic rings. The van der Waals surface area contributed by atoms with Crippen molar-refractivity contribution in [2.45, 2.75) is 32.7 Å². The molecule has 0 radical (unpaired) electrons. The van der Waals surface area contributed by atoms with Gasteiger partial charge in [-0.3, -0.25) is 4.68 Å². The number of hydrogen-bond donors (Lipinski definition) is 1. The predicted molar refractivity (Wildman–Crippen MR) is 59.4 cm³/mol. The first-order chi connectivity index (χ1) is 6.52. The van der Waals surface area contributed by atoms with Gasteiger partial charge in [-0.15, -0.1) is 0 Å². The van der Waals surface area contributed by atoms with E-state index in [1.807, 2.05) is 11.7 Å². The summed E-state index contributed by atoms with van der Waals surface area (Å²) < 4.78 is 1.81. The largest absolute Gasteiger partial charge is 0.327 e. The van der Waals surface area contributed by atoms with E-state index in [4.69, 9.17) is 17.3 Å². The number of hydrogen-bond acceptors (Lipinski definition) is 2. The van der Waals surface area contributed by atoms with Crippen LogP contribution in [0.4, 0.5) is 0 Å². The lowest BCUT2D eigenvalue weighted by molar-refractivity contribution is 0.459. The van der Waals surface area contributed by atoms with Crippen LogP contribution in [0, 0.1) is 5.92 Å². The van der Waals surface area contributed by atoms with Crippen molar-refractivity contribution in [2.75, 3.05) is 0 Å². The molecule has 0 bridgehead atoms. The zero-order chi connectivity index (χ0) is 10.7. The third-order valence-corrected chi connectivity index (χ3v) is 2.90. The average Bonchev–Trinajstić information content (AvgIpc) is 2.43. The molecule has 14 heavy (non-hydrogen) atoms. The van der Waals surface area contributed by atoms with Crippen molar-refractivity contribution in [1.29, 1.82) is 0 Å². The quantitative estimate of drug-likeness (QED) is 0.835. The van der Waals surface area contributed by atoms with E-state index < -0.39 is 0 Å². The molecule has 1 heterocycles. The first-order valence-corrected chi connectivity index (χ1v) is 5.32. The Morgan fingerprint density at radius 1 is 1.57 bits per heavy atom. The van der Waals surface area contributed by atoms with Gasteiger partial charge >= 0.3 is 0 Å². The van der Waals surface area contributed by atoms with E-state index in [0.717, 1.165) is 23.6 Å². The standard InChI is InChI=1S/C10H18ClN3/c1-7(2)9(12)4-5-10-8(11)6-13-14(10)3/h6-7,9H,4-5,12H2,1-3H3. The molecule has 80 valence electrons. The van der Waals surface area contributed by atoms with Crippen LogP contribution in [0.5, 0.6) is 0 Å². The molecule has 0 spiro atoms. The van der Waals surface area contributed by atoms with Crippen LogP contribution in [-0.2, 0) is 13.5 Å². The number of aromatic nitrogens is 2. The lowest BCUT2D eigenvalue weighted by atomic mass is 9.99. The summed E-state index contributed by atoms with van der Waals surface area (Å²) in [6.07, 6.45) is 3.53. The Hall–Kier alpha value is -0.540. The third kappa shape index (κ3) is 2.72. The molecular formula is C10H18ClN3. The van der Waals surface area contributed by atoms with Gasteiger partial charge in [0.2, 0.25) is 0 Å². The van der Waals surface area contributed by atoms with Gasteiger partial charge in [0, 0.05) is 13.1 Å². The van der Waals surface area contributed by atoms with Crippen molar-refractivity contribution < 1.29 is 0 Å². The molecule has 3 nitrogen and oxygen atoms in total. The molecule has 0 aromatic carbocycles. The molecular weight excluding hydrogens is 198 g/mol. The summed E-state index contributed by atoms with van der Waals surface area (Å²) in [5.74, 6) is 0.516. The fourth-order valence-corrected chi connectivity index (χ4v) is 1.61. The van der Waals surface area contributed by atoms with Gasteiger partial charge in [-0.05, 0) is 18.8 Å². The van der Waals surface area contributed by atoms with Gasteiger partial charge in [-0.1, -0.05) is 25.4 Å². The van der Waals surface area contributed by atoms with Crippen LogP contribution in [0.15, 0.2) is 6.20 Å². The van der Waals surface area contributed by atoms with Gasteiger partial charge < -0.3 is 5.73 Å². The molecule has 1 atom stereocenters. The minimum Gasteiger partial charge on any atom is -0.327 e. The zero-order valence-electron chi connectivity index (χ0n) is 9.00. The van der Waals surface area contributed by atoms with Crippen LogP contribution < -0.4 is 5.73 Å². The van der Waals surface area contributed by atoms with E-state index in [-0.39, 0.29) is 6.04 Å². The lowest BCUT2D eigenvalue weighted by Crippen LogP contribution is -2.27. The number of aryl methyl sites for hydroxylation is 1. The molecule has 2 N–H and O–H groups in total. The smallest absolute Gasteiger partial charge is 0.0817 e. The first kappa shape index (κ1) is 11.5. The fourth-order valence-electron chi connectivity index (χ4n) is 1.35. The van der Waals surface area contributed by atoms with Crippen molar-refractivity contribution in [2.24, 2.45) is 18.7 Å². The molecule has 0 aliphatic heterocycles. The van der Waals surface area contributed by atoms with Gasteiger partial charge in [-0.25, -0.2) is 0 Å². The van der Waals surface area contributed by atoms with Gasteiger partial charge in [0.15, 0.2) is 0 Å². The molecule has 1 unspecified atom stereocenters. The Morgan fingerprint density at radius 2 is 2.21 bits per heavy atom. The molecule has 0 saturated heterocycles. The minimum absolute atomic E-state index is 0.237. The normalized spacial score (nSPS) is 13.6. The summed E-state index contributed by atoms with van der Waals surface area (Å²) in [4.78, 5) is 0. The summed E-state index contributed by atoms with van der Waals surface area (Å²) in [5, 5.41) is 4.82. The second-order valence-electron chi connectivity index (χ2n) is 4.01. The van der Waals surface area contributed by atoms with E-state index in [2.05, 4.69) is 18.9 Å². The maximum absolute atomic E-state index is 5.98. The van der Waals surface area contributed by atoms with Crippen LogP contribution in [0.2, 0.25) is 5.02 Å². The summed E-state index contributed by atoms with van der Waals surface area (Å²) in [6, 6.07) is 0.237. The maximum atomic E-state index is 5.98. The second-order valence-corrected chi connectivity index (χ2v) is 4.42. The van der Waals surface area contributed by atoms with Crippen molar-refractivity contribution in [3.05, 3.63) is 16.9 Å². The first-order valence-electron chi connectivity index (χ1n) is 4.94. The van der Waals surface area contributed by atoms with Crippen LogP contribution >= 0.6 is 11.6 Å². The van der Waals surface area contributed by atoms with Crippen molar-refractivity contribution >= 4 is 11.6 Å². The average molecular weight is 216 g/mol. The van der Waals surface area contributed by atoms with Gasteiger partial charge in [0.1, 0.15) is 0 Å². The summed E-state index contributed by atoms with van der Waals surface area (Å²) >= 11 is 5.98. The Bertz CT molecular complexity index is 274. The molecule has 0 aliphatic carbocycles. The summed E-state index contributed by atoms with van der Waals surface area (Å²) in [6.45, 7) is 4.27. The topological polar surface area (TPSA) is 43.8 Å². The number of nitrogens with two attached hydrogens (primary N) is 1. The van der Waals surface area contributed by atoms with Gasteiger partial charge in [0.05, 0.1) is 16.9 Å². The third-order valence-electron chi connectivity index (χ3n) is 2.58.